The first-order valence-electron chi connectivity index (χ1n) is 4.31. The van der Waals surface area contributed by atoms with Crippen molar-refractivity contribution in [2.45, 2.75) is 0 Å². The van der Waals surface area contributed by atoms with Gasteiger partial charge in [0, 0.05) is 12.4 Å². The maximum Gasteiger partial charge on any atom is 0.250 e. The number of primary amides is 1. The van der Waals surface area contributed by atoms with E-state index >= 15 is 0 Å². The van der Waals surface area contributed by atoms with Gasteiger partial charge in [-0.1, -0.05) is 12.1 Å². The Kier molecular flexibility index (Phi) is 2.07. The van der Waals surface area contributed by atoms with Crippen LogP contribution in [0.2, 0.25) is 0 Å². The van der Waals surface area contributed by atoms with E-state index in [4.69, 9.17) is 5.73 Å². The maximum atomic E-state index is 11.1. The van der Waals surface area contributed by atoms with Gasteiger partial charge < -0.3 is 10.3 Å². The van der Waals surface area contributed by atoms with E-state index < -0.39 is 5.91 Å². The molecule has 14 heavy (non-hydrogen) atoms. The smallest absolute Gasteiger partial charge is 0.250 e. The van der Waals surface area contributed by atoms with Crippen LogP contribution in [0.1, 0.15) is 10.4 Å². The van der Waals surface area contributed by atoms with Crippen LogP contribution in [-0.4, -0.2) is 10.5 Å². The summed E-state index contributed by atoms with van der Waals surface area (Å²) >= 11 is 0. The molecule has 3 heteroatoms. The zero-order chi connectivity index (χ0) is 9.97. The van der Waals surface area contributed by atoms with E-state index in [-0.39, 0.29) is 0 Å². The molecule has 0 radical (unpaired) electrons. The third-order valence-electron chi connectivity index (χ3n) is 2.05. The SMILES string of the molecule is NC(=O)c1ccccc1-n1cccc1. The van der Waals surface area contributed by atoms with Crippen molar-refractivity contribution in [3.63, 3.8) is 0 Å². The lowest BCUT2D eigenvalue weighted by Crippen LogP contribution is -2.13. The van der Waals surface area contributed by atoms with Gasteiger partial charge in [-0.15, -0.1) is 0 Å². The van der Waals surface area contributed by atoms with Gasteiger partial charge in [-0.2, -0.15) is 0 Å². The summed E-state index contributed by atoms with van der Waals surface area (Å²) in [6.45, 7) is 0. The maximum absolute atomic E-state index is 11.1. The van der Waals surface area contributed by atoms with Crippen molar-refractivity contribution in [3.05, 3.63) is 54.4 Å². The monoisotopic (exact) mass is 186 g/mol. The number of hydrogen-bond acceptors (Lipinski definition) is 1. The molecular weight excluding hydrogens is 176 g/mol. The van der Waals surface area contributed by atoms with Gasteiger partial charge in [0.05, 0.1) is 11.3 Å². The molecule has 2 rings (SSSR count). The van der Waals surface area contributed by atoms with Crippen LogP contribution in [0.15, 0.2) is 48.8 Å². The van der Waals surface area contributed by atoms with E-state index in [2.05, 4.69) is 0 Å². The predicted molar refractivity (Wildman–Crippen MR) is 54.3 cm³/mol. The molecule has 0 spiro atoms. The highest BCUT2D eigenvalue weighted by molar-refractivity contribution is 5.96. The molecule has 0 saturated carbocycles. The zero-order valence-corrected chi connectivity index (χ0v) is 7.55. The Morgan fingerprint density at radius 1 is 1.07 bits per heavy atom. The van der Waals surface area contributed by atoms with Gasteiger partial charge in [-0.05, 0) is 24.3 Å². The van der Waals surface area contributed by atoms with Crippen LogP contribution in [0.3, 0.4) is 0 Å². The molecule has 0 unspecified atom stereocenters. The van der Waals surface area contributed by atoms with Gasteiger partial charge >= 0.3 is 0 Å². The number of aromatic nitrogens is 1. The van der Waals surface area contributed by atoms with E-state index in [9.17, 15) is 4.79 Å². The van der Waals surface area contributed by atoms with Crippen molar-refractivity contribution in [3.8, 4) is 5.69 Å². The first-order chi connectivity index (χ1) is 6.79. The molecular formula is C11H10N2O. The predicted octanol–water partition coefficient (Wildman–Crippen LogP) is 1.58. The lowest BCUT2D eigenvalue weighted by atomic mass is 10.1. The van der Waals surface area contributed by atoms with Crippen molar-refractivity contribution >= 4 is 5.91 Å². The van der Waals surface area contributed by atoms with E-state index in [0.717, 1.165) is 5.69 Å². The minimum Gasteiger partial charge on any atom is -0.366 e. The summed E-state index contributed by atoms with van der Waals surface area (Å²) in [5.74, 6) is -0.408. The Bertz CT molecular complexity index is 446. The van der Waals surface area contributed by atoms with Gasteiger partial charge in [0.2, 0.25) is 0 Å². The number of carbonyl (C=O) groups is 1. The molecule has 0 bridgehead atoms. The lowest BCUT2D eigenvalue weighted by Gasteiger charge is -2.06. The summed E-state index contributed by atoms with van der Waals surface area (Å²) in [5, 5.41) is 0. The van der Waals surface area contributed by atoms with Crippen LogP contribution in [0.4, 0.5) is 0 Å². The van der Waals surface area contributed by atoms with Crippen LogP contribution in [0.25, 0.3) is 5.69 Å². The van der Waals surface area contributed by atoms with Gasteiger partial charge in [-0.25, -0.2) is 0 Å². The van der Waals surface area contributed by atoms with Gasteiger partial charge in [0.15, 0.2) is 0 Å². The number of para-hydroxylation sites is 1. The Balaban J connectivity index is 2.58. The fraction of sp³-hybridized carbons (Fsp3) is 0. The summed E-state index contributed by atoms with van der Waals surface area (Å²) < 4.78 is 1.86. The van der Waals surface area contributed by atoms with Crippen LogP contribution >= 0.6 is 0 Å². The second-order valence-corrected chi connectivity index (χ2v) is 2.97. The summed E-state index contributed by atoms with van der Waals surface area (Å²) in [6.07, 6.45) is 3.75. The summed E-state index contributed by atoms with van der Waals surface area (Å²) in [6, 6.07) is 11.1. The molecule has 1 amide bonds. The molecule has 2 N–H and O–H groups in total. The Hall–Kier alpha value is -2.03. The fourth-order valence-electron chi connectivity index (χ4n) is 1.40. The molecule has 0 saturated heterocycles. The third kappa shape index (κ3) is 1.40. The van der Waals surface area contributed by atoms with Crippen molar-refractivity contribution in [2.75, 3.05) is 0 Å². The zero-order valence-electron chi connectivity index (χ0n) is 7.55. The van der Waals surface area contributed by atoms with Gasteiger partial charge in [-0.3, -0.25) is 4.79 Å². The fourth-order valence-corrected chi connectivity index (χ4v) is 1.40. The highest BCUT2D eigenvalue weighted by Crippen LogP contribution is 2.13. The molecule has 0 aliphatic carbocycles. The van der Waals surface area contributed by atoms with Gasteiger partial charge in [0.1, 0.15) is 0 Å². The van der Waals surface area contributed by atoms with E-state index in [1.54, 1.807) is 12.1 Å². The average Bonchev–Trinajstić information content (AvgIpc) is 2.70. The average molecular weight is 186 g/mol. The highest BCUT2D eigenvalue weighted by atomic mass is 16.1. The minimum atomic E-state index is -0.408. The number of nitrogens with zero attached hydrogens (tertiary/aromatic N) is 1. The number of amides is 1. The molecule has 0 fully saturated rings. The van der Waals surface area contributed by atoms with E-state index in [1.807, 2.05) is 41.2 Å². The first-order valence-corrected chi connectivity index (χ1v) is 4.31. The summed E-state index contributed by atoms with van der Waals surface area (Å²) in [7, 11) is 0. The second kappa shape index (κ2) is 3.38. The Labute approximate surface area is 81.8 Å². The van der Waals surface area contributed by atoms with Crippen molar-refractivity contribution in [1.82, 2.24) is 4.57 Å². The van der Waals surface area contributed by atoms with Crippen molar-refractivity contribution in [2.24, 2.45) is 5.73 Å². The number of hydrogen-bond donors (Lipinski definition) is 1. The molecule has 0 atom stereocenters. The molecule has 1 aromatic carbocycles. The summed E-state index contributed by atoms with van der Waals surface area (Å²) in [5.41, 5.74) is 6.61. The van der Waals surface area contributed by atoms with Crippen LogP contribution in [0.5, 0.6) is 0 Å². The quantitative estimate of drug-likeness (QED) is 0.760. The molecule has 0 aliphatic rings. The number of benzene rings is 1. The second-order valence-electron chi connectivity index (χ2n) is 2.97. The van der Waals surface area contributed by atoms with E-state index in [1.165, 1.54) is 0 Å². The largest absolute Gasteiger partial charge is 0.366 e. The van der Waals surface area contributed by atoms with Crippen LogP contribution in [0, 0.1) is 0 Å². The molecule has 1 heterocycles. The van der Waals surface area contributed by atoms with Crippen molar-refractivity contribution in [1.29, 1.82) is 0 Å². The standard InChI is InChI=1S/C11H10N2O/c12-11(14)9-5-1-2-6-10(9)13-7-3-4-8-13/h1-8H,(H2,12,14). The lowest BCUT2D eigenvalue weighted by molar-refractivity contribution is 0.100. The molecule has 2 aromatic rings. The number of nitrogens with two attached hydrogens (primary N) is 1. The van der Waals surface area contributed by atoms with Crippen LogP contribution in [-0.2, 0) is 0 Å². The Morgan fingerprint density at radius 2 is 1.71 bits per heavy atom. The molecule has 3 nitrogen and oxygen atoms in total. The molecule has 70 valence electrons. The topological polar surface area (TPSA) is 48.0 Å². The van der Waals surface area contributed by atoms with Crippen LogP contribution < -0.4 is 5.73 Å². The van der Waals surface area contributed by atoms with Crippen molar-refractivity contribution < 1.29 is 4.79 Å². The third-order valence-corrected chi connectivity index (χ3v) is 2.05. The number of carbonyl (C=O) groups excluding carboxylic acids is 1. The normalized spacial score (nSPS) is 10.0. The minimum absolute atomic E-state index is 0.408. The van der Waals surface area contributed by atoms with Gasteiger partial charge in [0.25, 0.3) is 5.91 Å². The summed E-state index contributed by atoms with van der Waals surface area (Å²) in [4.78, 5) is 11.1. The van der Waals surface area contributed by atoms with E-state index in [0.29, 0.717) is 5.56 Å². The molecule has 1 aromatic heterocycles. The first kappa shape index (κ1) is 8.56. The Morgan fingerprint density at radius 3 is 2.36 bits per heavy atom. The highest BCUT2D eigenvalue weighted by Gasteiger charge is 2.06. The number of rotatable bonds is 2. The molecule has 0 aliphatic heterocycles.